The maximum Gasteiger partial charge on any atom is 0.0524 e. The zero-order valence-corrected chi connectivity index (χ0v) is 7.07. The normalized spacial score (nSPS) is 15.9. The van der Waals surface area contributed by atoms with Gasteiger partial charge in [-0.25, -0.2) is 0 Å². The van der Waals surface area contributed by atoms with Gasteiger partial charge in [-0.05, 0) is 0 Å². The summed E-state index contributed by atoms with van der Waals surface area (Å²) in [5.74, 6) is 0. The molecular formula is C5H9IN2. The Labute approximate surface area is 66.3 Å². The molecule has 8 heavy (non-hydrogen) atoms. The highest BCUT2D eigenvalue weighted by Gasteiger charge is 1.87. The van der Waals surface area contributed by atoms with E-state index >= 15 is 0 Å². The molecule has 1 rings (SSSR count). The first-order valence-electron chi connectivity index (χ1n) is 2.28. The smallest absolute Gasteiger partial charge is 0.0524 e. The van der Waals surface area contributed by atoms with Crippen LogP contribution in [0.1, 0.15) is 0 Å². The zero-order valence-electron chi connectivity index (χ0n) is 4.74. The highest BCUT2D eigenvalue weighted by molar-refractivity contribution is 14.0. The third-order valence-electron chi connectivity index (χ3n) is 0.882. The first-order valence-corrected chi connectivity index (χ1v) is 2.28. The number of nitrogens with zero attached hydrogens (tertiary/aromatic N) is 2. The molecule has 0 saturated carbocycles. The maximum atomic E-state index is 3.88. The Morgan fingerprint density at radius 2 is 2.38 bits per heavy atom. The third kappa shape index (κ3) is 2.30. The Balaban J connectivity index is 0.000000490. The zero-order chi connectivity index (χ0) is 5.11. The molecule has 2 nitrogen and oxygen atoms in total. The lowest BCUT2D eigenvalue weighted by atomic mass is 10.6. The van der Waals surface area contributed by atoms with E-state index in [0.29, 0.717) is 0 Å². The molecule has 0 N–H and O–H groups in total. The van der Waals surface area contributed by atoms with Gasteiger partial charge in [0.15, 0.2) is 0 Å². The van der Waals surface area contributed by atoms with Gasteiger partial charge in [0, 0.05) is 25.7 Å². The molecule has 1 aliphatic rings. The summed E-state index contributed by atoms with van der Waals surface area (Å²) < 4.78 is 0. The highest BCUT2D eigenvalue weighted by atomic mass is 127. The topological polar surface area (TPSA) is 15.6 Å². The van der Waals surface area contributed by atoms with Gasteiger partial charge >= 0.3 is 0 Å². The minimum Gasteiger partial charge on any atom is -0.374 e. The van der Waals surface area contributed by atoms with Crippen molar-refractivity contribution in [2.45, 2.75) is 0 Å². The van der Waals surface area contributed by atoms with Crippen molar-refractivity contribution in [2.75, 3.05) is 13.6 Å². The Kier molecular flexibility index (Phi) is 3.85. The van der Waals surface area contributed by atoms with Crippen molar-refractivity contribution >= 4 is 30.2 Å². The fraction of sp³-hybridized carbons (Fsp3) is 0.400. The second-order valence-electron chi connectivity index (χ2n) is 1.57. The predicted octanol–water partition coefficient (Wildman–Crippen LogP) is 1.09. The van der Waals surface area contributed by atoms with E-state index in [2.05, 4.69) is 9.89 Å². The number of rotatable bonds is 0. The first-order chi connectivity index (χ1) is 3.39. The van der Waals surface area contributed by atoms with Gasteiger partial charge in [-0.3, -0.25) is 4.99 Å². The fourth-order valence-corrected chi connectivity index (χ4v) is 0.450. The molecule has 0 aliphatic carbocycles. The van der Waals surface area contributed by atoms with Crippen LogP contribution in [0.15, 0.2) is 17.4 Å². The second-order valence-corrected chi connectivity index (χ2v) is 1.57. The third-order valence-corrected chi connectivity index (χ3v) is 0.882. The summed E-state index contributed by atoms with van der Waals surface area (Å²) in [6.45, 7) is 0.941. The summed E-state index contributed by atoms with van der Waals surface area (Å²) in [5, 5.41) is 0. The minimum absolute atomic E-state index is 0. The summed E-state index contributed by atoms with van der Waals surface area (Å²) in [6.07, 6.45) is 5.60. The van der Waals surface area contributed by atoms with E-state index in [1.54, 1.807) is 6.20 Å². The van der Waals surface area contributed by atoms with E-state index in [1.807, 2.05) is 19.5 Å². The molecule has 1 aliphatic heterocycles. The van der Waals surface area contributed by atoms with E-state index in [9.17, 15) is 0 Å². The SMILES string of the molecule is CN1C=CN=CC1.I. The van der Waals surface area contributed by atoms with Crippen LogP contribution in [-0.2, 0) is 0 Å². The molecule has 0 fully saturated rings. The molecule has 1 heterocycles. The molecule has 0 amide bonds. The molecule has 3 heteroatoms. The predicted molar refractivity (Wildman–Crippen MR) is 45.7 cm³/mol. The van der Waals surface area contributed by atoms with E-state index < -0.39 is 0 Å². The van der Waals surface area contributed by atoms with Crippen LogP contribution < -0.4 is 0 Å². The van der Waals surface area contributed by atoms with Gasteiger partial charge in [-0.2, -0.15) is 0 Å². The Bertz CT molecular complexity index is 109. The van der Waals surface area contributed by atoms with Crippen molar-refractivity contribution in [1.29, 1.82) is 0 Å². The lowest BCUT2D eigenvalue weighted by Gasteiger charge is -2.10. The van der Waals surface area contributed by atoms with E-state index in [4.69, 9.17) is 0 Å². The van der Waals surface area contributed by atoms with Gasteiger partial charge in [0.05, 0.1) is 6.54 Å². The Hall–Kier alpha value is -0.0600. The van der Waals surface area contributed by atoms with Gasteiger partial charge in [-0.1, -0.05) is 0 Å². The molecule has 0 aromatic heterocycles. The van der Waals surface area contributed by atoms with E-state index in [-0.39, 0.29) is 24.0 Å². The average Bonchev–Trinajstić information content (AvgIpc) is 1.69. The monoisotopic (exact) mass is 224 g/mol. The van der Waals surface area contributed by atoms with E-state index in [0.717, 1.165) is 6.54 Å². The molecule has 0 aromatic carbocycles. The Morgan fingerprint density at radius 1 is 1.62 bits per heavy atom. The molecule has 0 saturated heterocycles. The molecule has 0 radical (unpaired) electrons. The largest absolute Gasteiger partial charge is 0.374 e. The van der Waals surface area contributed by atoms with Crippen LogP contribution in [0.2, 0.25) is 0 Å². The fourth-order valence-electron chi connectivity index (χ4n) is 0.450. The van der Waals surface area contributed by atoms with Crippen LogP contribution in [0.3, 0.4) is 0 Å². The number of hydrogen-bond acceptors (Lipinski definition) is 2. The number of halogens is 1. The van der Waals surface area contributed by atoms with Gasteiger partial charge in [0.2, 0.25) is 0 Å². The van der Waals surface area contributed by atoms with Crippen molar-refractivity contribution in [3.05, 3.63) is 12.4 Å². The summed E-state index contributed by atoms with van der Waals surface area (Å²) in [6, 6.07) is 0. The van der Waals surface area contributed by atoms with Crippen LogP contribution in [0.25, 0.3) is 0 Å². The van der Waals surface area contributed by atoms with Crippen LogP contribution in [0.5, 0.6) is 0 Å². The van der Waals surface area contributed by atoms with Crippen molar-refractivity contribution in [2.24, 2.45) is 4.99 Å². The lowest BCUT2D eigenvalue weighted by Crippen LogP contribution is -2.14. The molecule has 0 atom stereocenters. The summed E-state index contributed by atoms with van der Waals surface area (Å²) in [5.41, 5.74) is 0. The summed E-state index contributed by atoms with van der Waals surface area (Å²) in [4.78, 5) is 5.94. The van der Waals surface area contributed by atoms with Crippen LogP contribution in [-0.4, -0.2) is 24.7 Å². The highest BCUT2D eigenvalue weighted by Crippen LogP contribution is 1.87. The van der Waals surface area contributed by atoms with E-state index in [1.165, 1.54) is 0 Å². The number of aliphatic imine (C=N–C) groups is 1. The quantitative estimate of drug-likeness (QED) is 0.562. The standard InChI is InChI=1S/C5H8N2.HI/c1-7-4-2-6-3-5-7;/h2-4H,5H2,1H3;1H. The van der Waals surface area contributed by atoms with Crippen molar-refractivity contribution in [1.82, 2.24) is 4.90 Å². The van der Waals surface area contributed by atoms with Gasteiger partial charge in [-0.15, -0.1) is 24.0 Å². The molecular weight excluding hydrogens is 215 g/mol. The molecule has 0 spiro atoms. The van der Waals surface area contributed by atoms with Crippen molar-refractivity contribution < 1.29 is 0 Å². The van der Waals surface area contributed by atoms with Crippen LogP contribution in [0, 0.1) is 0 Å². The van der Waals surface area contributed by atoms with Crippen molar-refractivity contribution in [3.63, 3.8) is 0 Å². The lowest BCUT2D eigenvalue weighted by molar-refractivity contribution is 0.522. The molecule has 46 valence electrons. The number of hydrogen-bond donors (Lipinski definition) is 0. The molecule has 0 unspecified atom stereocenters. The average molecular weight is 224 g/mol. The van der Waals surface area contributed by atoms with Crippen molar-refractivity contribution in [3.8, 4) is 0 Å². The minimum atomic E-state index is 0. The summed E-state index contributed by atoms with van der Waals surface area (Å²) >= 11 is 0. The Morgan fingerprint density at radius 3 is 2.62 bits per heavy atom. The molecule has 0 aromatic rings. The van der Waals surface area contributed by atoms with Gasteiger partial charge in [0.25, 0.3) is 0 Å². The first kappa shape index (κ1) is 7.94. The molecule has 0 bridgehead atoms. The second kappa shape index (κ2) is 3.88. The van der Waals surface area contributed by atoms with Crippen LogP contribution >= 0.6 is 24.0 Å². The summed E-state index contributed by atoms with van der Waals surface area (Å²) in [7, 11) is 2.02. The van der Waals surface area contributed by atoms with Gasteiger partial charge in [0.1, 0.15) is 0 Å². The van der Waals surface area contributed by atoms with Crippen LogP contribution in [0.4, 0.5) is 0 Å². The van der Waals surface area contributed by atoms with Gasteiger partial charge < -0.3 is 4.90 Å². The maximum absolute atomic E-state index is 3.88.